The van der Waals surface area contributed by atoms with Crippen molar-refractivity contribution in [2.75, 3.05) is 0 Å². The van der Waals surface area contributed by atoms with Crippen LogP contribution in [0, 0.1) is 0 Å². The normalized spacial score (nSPS) is 11.5. The molecule has 0 saturated carbocycles. The van der Waals surface area contributed by atoms with Gasteiger partial charge in [-0.1, -0.05) is 22.9 Å². The van der Waals surface area contributed by atoms with Gasteiger partial charge in [-0.25, -0.2) is 12.4 Å². The fourth-order valence-corrected chi connectivity index (χ4v) is 3.08. The van der Waals surface area contributed by atoms with E-state index >= 15 is 0 Å². The minimum Gasteiger partial charge on any atom is -0.294 e. The number of hydrogen-bond donors (Lipinski definition) is 0. The first kappa shape index (κ1) is 14.0. The zero-order chi connectivity index (χ0) is 14.0. The van der Waals surface area contributed by atoms with Crippen LogP contribution in [-0.4, -0.2) is 18.2 Å². The minimum atomic E-state index is -3.63. The Bertz CT molecular complexity index is 702. The van der Waals surface area contributed by atoms with Gasteiger partial charge in [0, 0.05) is 28.9 Å². The summed E-state index contributed by atoms with van der Waals surface area (Å²) in [4.78, 5) is 11.7. The molecule has 0 spiro atoms. The second kappa shape index (κ2) is 5.30. The Balaban J connectivity index is 2.42. The molecule has 0 aliphatic carbocycles. The molecule has 0 saturated heterocycles. The molecule has 4 nitrogen and oxygen atoms in total. The van der Waals surface area contributed by atoms with Crippen LogP contribution in [-0.2, 0) is 10.0 Å². The lowest BCUT2D eigenvalue weighted by molar-refractivity contribution is 0.0988. The molecule has 0 fully saturated rings. The first-order valence-electron chi connectivity index (χ1n) is 5.67. The standard InChI is InChI=1S/C13H12BrNO3S/c1-2-13(16)10-7-8-15(9-10)19(17,18)12-5-3-11(14)4-6-12/h3-9H,2H2,1H3. The molecule has 19 heavy (non-hydrogen) atoms. The lowest BCUT2D eigenvalue weighted by Gasteiger charge is -2.05. The number of ketones is 1. The van der Waals surface area contributed by atoms with Crippen LogP contribution >= 0.6 is 15.9 Å². The molecule has 1 aromatic heterocycles. The van der Waals surface area contributed by atoms with Crippen LogP contribution in [0.3, 0.4) is 0 Å². The van der Waals surface area contributed by atoms with Crippen LogP contribution in [0.1, 0.15) is 23.7 Å². The van der Waals surface area contributed by atoms with E-state index in [2.05, 4.69) is 15.9 Å². The highest BCUT2D eigenvalue weighted by Gasteiger charge is 2.17. The van der Waals surface area contributed by atoms with E-state index in [1.54, 1.807) is 19.1 Å². The first-order valence-corrected chi connectivity index (χ1v) is 7.91. The van der Waals surface area contributed by atoms with Gasteiger partial charge >= 0.3 is 0 Å². The summed E-state index contributed by atoms with van der Waals surface area (Å²) in [6.45, 7) is 1.74. The fourth-order valence-electron chi connectivity index (χ4n) is 1.62. The SMILES string of the molecule is CCC(=O)c1ccn(S(=O)(=O)c2ccc(Br)cc2)c1. The molecule has 100 valence electrons. The fraction of sp³-hybridized carbons (Fsp3) is 0.154. The highest BCUT2D eigenvalue weighted by molar-refractivity contribution is 9.10. The van der Waals surface area contributed by atoms with Gasteiger partial charge in [0.2, 0.25) is 0 Å². The van der Waals surface area contributed by atoms with Crippen LogP contribution < -0.4 is 0 Å². The summed E-state index contributed by atoms with van der Waals surface area (Å²) >= 11 is 3.25. The monoisotopic (exact) mass is 341 g/mol. The summed E-state index contributed by atoms with van der Waals surface area (Å²) < 4.78 is 26.5. The molecule has 0 bridgehead atoms. The van der Waals surface area contributed by atoms with Gasteiger partial charge in [-0.05, 0) is 30.3 Å². The van der Waals surface area contributed by atoms with Crippen LogP contribution in [0.15, 0.2) is 52.1 Å². The van der Waals surface area contributed by atoms with Gasteiger partial charge in [0.05, 0.1) is 4.90 Å². The number of aromatic nitrogens is 1. The van der Waals surface area contributed by atoms with Gasteiger partial charge in [-0.15, -0.1) is 0 Å². The van der Waals surface area contributed by atoms with Crippen molar-refractivity contribution in [1.29, 1.82) is 0 Å². The molecule has 0 unspecified atom stereocenters. The number of nitrogens with zero attached hydrogens (tertiary/aromatic N) is 1. The Kier molecular flexibility index (Phi) is 3.91. The van der Waals surface area contributed by atoms with E-state index in [0.717, 1.165) is 8.45 Å². The van der Waals surface area contributed by atoms with Gasteiger partial charge in [0.15, 0.2) is 5.78 Å². The van der Waals surface area contributed by atoms with Gasteiger partial charge in [-0.3, -0.25) is 4.79 Å². The molecular formula is C13H12BrNO3S. The van der Waals surface area contributed by atoms with Crippen molar-refractivity contribution in [3.8, 4) is 0 Å². The van der Waals surface area contributed by atoms with Crippen LogP contribution in [0.4, 0.5) is 0 Å². The molecule has 0 aliphatic heterocycles. The second-order valence-electron chi connectivity index (χ2n) is 3.97. The maximum Gasteiger partial charge on any atom is 0.267 e. The summed E-state index contributed by atoms with van der Waals surface area (Å²) in [5.74, 6) is -0.0789. The second-order valence-corrected chi connectivity index (χ2v) is 6.72. The lowest BCUT2D eigenvalue weighted by Crippen LogP contribution is -2.11. The smallest absolute Gasteiger partial charge is 0.267 e. The van der Waals surface area contributed by atoms with E-state index in [0.29, 0.717) is 12.0 Å². The number of hydrogen-bond acceptors (Lipinski definition) is 3. The summed E-state index contributed by atoms with van der Waals surface area (Å²) in [6, 6.07) is 7.87. The van der Waals surface area contributed by atoms with Crippen LogP contribution in [0.25, 0.3) is 0 Å². The van der Waals surface area contributed by atoms with Gasteiger partial charge in [0.1, 0.15) is 0 Å². The molecule has 2 aromatic rings. The van der Waals surface area contributed by atoms with E-state index in [-0.39, 0.29) is 10.7 Å². The van der Waals surface area contributed by atoms with Crippen molar-refractivity contribution in [2.45, 2.75) is 18.2 Å². The summed E-state index contributed by atoms with van der Waals surface area (Å²) in [7, 11) is -3.63. The van der Waals surface area contributed by atoms with E-state index < -0.39 is 10.0 Å². The number of benzene rings is 1. The van der Waals surface area contributed by atoms with E-state index in [1.807, 2.05) is 0 Å². The Hall–Kier alpha value is -1.40. The molecule has 0 amide bonds. The van der Waals surface area contributed by atoms with Crippen molar-refractivity contribution in [1.82, 2.24) is 3.97 Å². The third kappa shape index (κ3) is 2.79. The summed E-state index contributed by atoms with van der Waals surface area (Å²) in [5.41, 5.74) is 0.406. The first-order chi connectivity index (χ1) is 8.95. The highest BCUT2D eigenvalue weighted by atomic mass is 79.9. The molecule has 1 aromatic carbocycles. The molecule has 1 heterocycles. The maximum atomic E-state index is 12.3. The van der Waals surface area contributed by atoms with Crippen molar-refractivity contribution < 1.29 is 13.2 Å². The predicted octanol–water partition coefficient (Wildman–Crippen LogP) is 3.08. The van der Waals surface area contributed by atoms with Crippen LogP contribution in [0.5, 0.6) is 0 Å². The highest BCUT2D eigenvalue weighted by Crippen LogP contribution is 2.18. The summed E-state index contributed by atoms with van der Waals surface area (Å²) in [6.07, 6.45) is 3.09. The van der Waals surface area contributed by atoms with Crippen molar-refractivity contribution in [3.63, 3.8) is 0 Å². The quantitative estimate of drug-likeness (QED) is 0.803. The molecule has 2 rings (SSSR count). The van der Waals surface area contributed by atoms with E-state index in [9.17, 15) is 13.2 Å². The number of halogens is 1. The summed E-state index contributed by atoms with van der Waals surface area (Å²) in [5, 5.41) is 0. The van der Waals surface area contributed by atoms with Gasteiger partial charge in [0.25, 0.3) is 10.0 Å². The zero-order valence-corrected chi connectivity index (χ0v) is 12.6. The van der Waals surface area contributed by atoms with Crippen LogP contribution in [0.2, 0.25) is 0 Å². The van der Waals surface area contributed by atoms with Gasteiger partial charge in [-0.2, -0.15) is 0 Å². The molecule has 0 radical (unpaired) electrons. The Morgan fingerprint density at radius 3 is 2.42 bits per heavy atom. The van der Waals surface area contributed by atoms with E-state index in [1.165, 1.54) is 30.6 Å². The Labute approximate surface area is 120 Å². The molecule has 0 N–H and O–H groups in total. The molecular weight excluding hydrogens is 330 g/mol. The molecule has 6 heteroatoms. The maximum absolute atomic E-state index is 12.3. The molecule has 0 aliphatic rings. The third-order valence-electron chi connectivity index (χ3n) is 2.70. The number of Topliss-reactive ketones (excluding diaryl/α,β-unsaturated/α-hetero) is 1. The lowest BCUT2D eigenvalue weighted by atomic mass is 10.2. The minimum absolute atomic E-state index is 0.0789. The van der Waals surface area contributed by atoms with E-state index in [4.69, 9.17) is 0 Å². The number of carbonyl (C=O) groups is 1. The zero-order valence-electron chi connectivity index (χ0n) is 10.2. The third-order valence-corrected chi connectivity index (χ3v) is 4.88. The average molecular weight is 342 g/mol. The van der Waals surface area contributed by atoms with Gasteiger partial charge < -0.3 is 0 Å². The van der Waals surface area contributed by atoms with Crippen molar-refractivity contribution >= 4 is 31.7 Å². The number of carbonyl (C=O) groups excluding carboxylic acids is 1. The Morgan fingerprint density at radius 2 is 1.84 bits per heavy atom. The predicted molar refractivity (Wildman–Crippen MR) is 75.8 cm³/mol. The average Bonchev–Trinajstić information content (AvgIpc) is 2.88. The number of rotatable bonds is 4. The topological polar surface area (TPSA) is 56.1 Å². The largest absolute Gasteiger partial charge is 0.294 e. The molecule has 0 atom stereocenters. The van der Waals surface area contributed by atoms with Crippen molar-refractivity contribution in [3.05, 3.63) is 52.8 Å². The van der Waals surface area contributed by atoms with Crippen molar-refractivity contribution in [2.24, 2.45) is 0 Å². The Morgan fingerprint density at radius 1 is 1.21 bits per heavy atom.